The monoisotopic (exact) mass is 344 g/mol. The van der Waals surface area contributed by atoms with Gasteiger partial charge in [-0.15, -0.1) is 0 Å². The molecule has 1 fully saturated rings. The summed E-state index contributed by atoms with van der Waals surface area (Å²) in [6.45, 7) is 6.60. The standard InChI is InChI=1S/C20H28N2O3/c1-20(2,3)14-7-4-5-8-16(14)22-19(25)13-11-12-15(21-18(13)24)9-6-10-17(12)23/h11,14,16H,4-10H2,1-3H3,(H,21,24)(H,22,25)/t14-,16-/m1/s1. The van der Waals surface area contributed by atoms with Gasteiger partial charge in [0.15, 0.2) is 5.78 Å². The van der Waals surface area contributed by atoms with E-state index < -0.39 is 5.56 Å². The number of pyridine rings is 1. The summed E-state index contributed by atoms with van der Waals surface area (Å²) in [5.74, 6) is 0.0453. The lowest BCUT2D eigenvalue weighted by molar-refractivity contribution is 0.0828. The fourth-order valence-corrected chi connectivity index (χ4v) is 4.33. The van der Waals surface area contributed by atoms with Gasteiger partial charge in [-0.05, 0) is 43.1 Å². The van der Waals surface area contributed by atoms with Gasteiger partial charge in [0.2, 0.25) is 0 Å². The number of aromatic amines is 1. The van der Waals surface area contributed by atoms with Gasteiger partial charge in [0, 0.05) is 23.7 Å². The van der Waals surface area contributed by atoms with Crippen LogP contribution in [-0.2, 0) is 6.42 Å². The number of carbonyl (C=O) groups excluding carboxylic acids is 2. The normalized spacial score (nSPS) is 23.9. The van der Waals surface area contributed by atoms with Crippen molar-refractivity contribution in [3.8, 4) is 0 Å². The minimum atomic E-state index is -0.394. The van der Waals surface area contributed by atoms with Gasteiger partial charge in [-0.3, -0.25) is 14.4 Å². The van der Waals surface area contributed by atoms with Crippen molar-refractivity contribution in [3.63, 3.8) is 0 Å². The summed E-state index contributed by atoms with van der Waals surface area (Å²) in [4.78, 5) is 39.9. The number of nitrogens with one attached hydrogen (secondary N) is 2. The van der Waals surface area contributed by atoms with Crippen molar-refractivity contribution in [2.24, 2.45) is 11.3 Å². The summed E-state index contributed by atoms with van der Waals surface area (Å²) < 4.78 is 0. The van der Waals surface area contributed by atoms with E-state index in [0.717, 1.165) is 25.7 Å². The van der Waals surface area contributed by atoms with Crippen LogP contribution in [0.3, 0.4) is 0 Å². The van der Waals surface area contributed by atoms with Gasteiger partial charge < -0.3 is 10.3 Å². The minimum Gasteiger partial charge on any atom is -0.349 e. The Balaban J connectivity index is 1.85. The van der Waals surface area contributed by atoms with Crippen molar-refractivity contribution >= 4 is 11.7 Å². The number of aromatic nitrogens is 1. The Kier molecular flexibility index (Phi) is 4.85. The topological polar surface area (TPSA) is 79.0 Å². The van der Waals surface area contributed by atoms with Crippen LogP contribution in [-0.4, -0.2) is 22.7 Å². The fourth-order valence-electron chi connectivity index (χ4n) is 4.33. The zero-order chi connectivity index (χ0) is 18.2. The molecule has 1 amide bonds. The highest BCUT2D eigenvalue weighted by atomic mass is 16.2. The Morgan fingerprint density at radius 2 is 1.84 bits per heavy atom. The maximum atomic E-state index is 12.8. The van der Waals surface area contributed by atoms with Gasteiger partial charge in [-0.1, -0.05) is 33.6 Å². The van der Waals surface area contributed by atoms with E-state index in [-0.39, 0.29) is 28.7 Å². The van der Waals surface area contributed by atoms with Crippen LogP contribution >= 0.6 is 0 Å². The molecule has 3 rings (SSSR count). The SMILES string of the molecule is CC(C)(C)[C@@H]1CCCC[C@H]1NC(=O)c1cc2c([nH]c1=O)CCCC2=O. The van der Waals surface area contributed by atoms with E-state index in [0.29, 0.717) is 30.0 Å². The van der Waals surface area contributed by atoms with Gasteiger partial charge >= 0.3 is 0 Å². The Bertz CT molecular complexity index is 742. The highest BCUT2D eigenvalue weighted by molar-refractivity contribution is 6.01. The van der Waals surface area contributed by atoms with E-state index in [1.165, 1.54) is 12.5 Å². The van der Waals surface area contributed by atoms with Crippen LogP contribution in [0.5, 0.6) is 0 Å². The molecule has 0 spiro atoms. The highest BCUT2D eigenvalue weighted by Crippen LogP contribution is 2.38. The average Bonchev–Trinajstić information content (AvgIpc) is 2.54. The number of rotatable bonds is 2. The van der Waals surface area contributed by atoms with Crippen LogP contribution in [0.15, 0.2) is 10.9 Å². The molecule has 2 N–H and O–H groups in total. The first-order valence-corrected chi connectivity index (χ1v) is 9.37. The van der Waals surface area contributed by atoms with Gasteiger partial charge in [-0.2, -0.15) is 0 Å². The lowest BCUT2D eigenvalue weighted by Crippen LogP contribution is -2.47. The third-order valence-electron chi connectivity index (χ3n) is 5.69. The second-order valence-corrected chi connectivity index (χ2v) is 8.52. The lowest BCUT2D eigenvalue weighted by atomic mass is 9.69. The molecular weight excluding hydrogens is 316 g/mol. The number of fused-ring (bicyclic) bond motifs is 1. The molecule has 0 saturated heterocycles. The van der Waals surface area contributed by atoms with Gasteiger partial charge in [0.05, 0.1) is 0 Å². The summed E-state index contributed by atoms with van der Waals surface area (Å²) in [6.07, 6.45) is 6.23. The Labute approximate surface area is 148 Å². The number of hydrogen-bond donors (Lipinski definition) is 2. The quantitative estimate of drug-likeness (QED) is 0.864. The maximum absolute atomic E-state index is 12.8. The first-order valence-electron chi connectivity index (χ1n) is 9.37. The van der Waals surface area contributed by atoms with Crippen LogP contribution in [0.1, 0.15) is 85.7 Å². The second-order valence-electron chi connectivity index (χ2n) is 8.52. The molecule has 0 radical (unpaired) electrons. The minimum absolute atomic E-state index is 0.0109. The summed E-state index contributed by atoms with van der Waals surface area (Å²) in [6, 6.07) is 1.58. The van der Waals surface area contributed by atoms with Crippen LogP contribution < -0.4 is 10.9 Å². The van der Waals surface area contributed by atoms with Crippen molar-refractivity contribution in [2.45, 2.75) is 71.8 Å². The molecule has 1 aromatic rings. The summed E-state index contributed by atoms with van der Waals surface area (Å²) in [7, 11) is 0. The molecule has 2 aliphatic carbocycles. The molecule has 1 aromatic heterocycles. The van der Waals surface area contributed by atoms with Crippen molar-refractivity contribution in [2.75, 3.05) is 0 Å². The zero-order valence-corrected chi connectivity index (χ0v) is 15.4. The number of amides is 1. The Morgan fingerprint density at radius 3 is 2.56 bits per heavy atom. The molecule has 0 unspecified atom stereocenters. The number of aryl methyl sites for hydroxylation is 1. The Hall–Kier alpha value is -1.91. The highest BCUT2D eigenvalue weighted by Gasteiger charge is 2.35. The third-order valence-corrected chi connectivity index (χ3v) is 5.69. The lowest BCUT2D eigenvalue weighted by Gasteiger charge is -2.40. The molecule has 2 aliphatic rings. The molecule has 25 heavy (non-hydrogen) atoms. The van der Waals surface area contributed by atoms with E-state index >= 15 is 0 Å². The molecule has 2 atom stereocenters. The average molecular weight is 344 g/mol. The van der Waals surface area contributed by atoms with Gasteiger partial charge in [0.25, 0.3) is 11.5 Å². The summed E-state index contributed by atoms with van der Waals surface area (Å²) in [5.41, 5.74) is 0.952. The van der Waals surface area contributed by atoms with E-state index in [9.17, 15) is 14.4 Å². The van der Waals surface area contributed by atoms with Crippen LogP contribution in [0.2, 0.25) is 0 Å². The number of H-pyrrole nitrogens is 1. The van der Waals surface area contributed by atoms with Crippen LogP contribution in [0, 0.1) is 11.3 Å². The van der Waals surface area contributed by atoms with E-state index in [1.807, 2.05) is 0 Å². The predicted molar refractivity (Wildman–Crippen MR) is 97.0 cm³/mol. The largest absolute Gasteiger partial charge is 0.349 e. The van der Waals surface area contributed by atoms with Crippen molar-refractivity contribution in [1.29, 1.82) is 0 Å². The molecule has 136 valence electrons. The van der Waals surface area contributed by atoms with Crippen LogP contribution in [0.4, 0.5) is 0 Å². The fraction of sp³-hybridized carbons (Fsp3) is 0.650. The third kappa shape index (κ3) is 3.70. The second kappa shape index (κ2) is 6.77. The molecular formula is C20H28N2O3. The first-order chi connectivity index (χ1) is 11.8. The number of carbonyl (C=O) groups is 2. The van der Waals surface area contributed by atoms with E-state index in [1.54, 1.807) is 0 Å². The zero-order valence-electron chi connectivity index (χ0n) is 15.4. The first kappa shape index (κ1) is 17.9. The van der Waals surface area contributed by atoms with Gasteiger partial charge in [-0.25, -0.2) is 0 Å². The smallest absolute Gasteiger partial charge is 0.261 e. The predicted octanol–water partition coefficient (Wildman–Crippen LogP) is 3.23. The summed E-state index contributed by atoms with van der Waals surface area (Å²) in [5, 5.41) is 3.08. The molecule has 1 heterocycles. The number of hydrogen-bond acceptors (Lipinski definition) is 3. The number of Topliss-reactive ketones (excluding diaryl/α,β-unsaturated/α-hetero) is 1. The van der Waals surface area contributed by atoms with E-state index in [4.69, 9.17) is 0 Å². The summed E-state index contributed by atoms with van der Waals surface area (Å²) >= 11 is 0. The molecule has 0 bridgehead atoms. The van der Waals surface area contributed by atoms with Gasteiger partial charge in [0.1, 0.15) is 5.56 Å². The maximum Gasteiger partial charge on any atom is 0.261 e. The molecule has 5 heteroatoms. The van der Waals surface area contributed by atoms with Crippen molar-refractivity contribution in [1.82, 2.24) is 10.3 Å². The number of ketones is 1. The van der Waals surface area contributed by atoms with Crippen LogP contribution in [0.25, 0.3) is 0 Å². The molecule has 0 aliphatic heterocycles. The van der Waals surface area contributed by atoms with E-state index in [2.05, 4.69) is 31.1 Å². The molecule has 1 saturated carbocycles. The molecule has 5 nitrogen and oxygen atoms in total. The Morgan fingerprint density at radius 1 is 1.12 bits per heavy atom. The molecule has 0 aromatic carbocycles. The van der Waals surface area contributed by atoms with Crippen molar-refractivity contribution in [3.05, 3.63) is 33.2 Å². The van der Waals surface area contributed by atoms with Crippen molar-refractivity contribution < 1.29 is 9.59 Å².